The van der Waals surface area contributed by atoms with Crippen molar-refractivity contribution in [3.05, 3.63) is 11.8 Å². The van der Waals surface area contributed by atoms with E-state index in [9.17, 15) is 0 Å². The molecule has 2 aliphatic heterocycles. The third-order valence-corrected chi connectivity index (χ3v) is 4.17. The number of nitrogens with zero attached hydrogens (tertiary/aromatic N) is 2. The van der Waals surface area contributed by atoms with Gasteiger partial charge in [0.15, 0.2) is 0 Å². The number of hydrogen-bond acceptors (Lipinski definition) is 3. The average Bonchev–Trinajstić information content (AvgIpc) is 2.40. The van der Waals surface area contributed by atoms with Gasteiger partial charge in [0, 0.05) is 25.1 Å². The summed E-state index contributed by atoms with van der Waals surface area (Å²) in [6, 6.07) is 0. The van der Waals surface area contributed by atoms with Crippen molar-refractivity contribution in [2.75, 3.05) is 26.2 Å². The Morgan fingerprint density at radius 1 is 1.33 bits per heavy atom. The summed E-state index contributed by atoms with van der Waals surface area (Å²) in [5.41, 5.74) is 2.82. The van der Waals surface area contributed by atoms with Crippen molar-refractivity contribution >= 4 is 5.71 Å². The zero-order valence-electron chi connectivity index (χ0n) is 11.7. The first kappa shape index (κ1) is 13.8. The van der Waals surface area contributed by atoms with E-state index in [0.717, 1.165) is 38.9 Å². The second kappa shape index (κ2) is 6.48. The largest absolute Gasteiger partial charge is 0.396 e. The number of piperidine rings is 1. The number of likely N-dealkylation sites (tertiary alicyclic amines) is 1. The van der Waals surface area contributed by atoms with Gasteiger partial charge in [0.1, 0.15) is 0 Å². The molecule has 0 radical (unpaired) electrons. The number of aliphatic hydroxyl groups is 1. The van der Waals surface area contributed by atoms with Crippen molar-refractivity contribution < 1.29 is 5.11 Å². The lowest BCUT2D eigenvalue weighted by Crippen LogP contribution is -2.36. The Balaban J connectivity index is 1.81. The first-order valence-electron chi connectivity index (χ1n) is 7.26. The molecule has 1 saturated heterocycles. The van der Waals surface area contributed by atoms with E-state index in [2.05, 4.69) is 29.9 Å². The molecule has 3 nitrogen and oxygen atoms in total. The summed E-state index contributed by atoms with van der Waals surface area (Å²) in [5, 5.41) is 9.13. The quantitative estimate of drug-likeness (QED) is 0.832. The molecule has 2 heterocycles. The molecule has 0 amide bonds. The van der Waals surface area contributed by atoms with Gasteiger partial charge in [-0.2, -0.15) is 0 Å². The van der Waals surface area contributed by atoms with Crippen LogP contribution in [0.2, 0.25) is 0 Å². The molecule has 0 atom stereocenters. The normalized spacial score (nSPS) is 23.1. The summed E-state index contributed by atoms with van der Waals surface area (Å²) in [5.74, 6) is 1.12. The van der Waals surface area contributed by atoms with Crippen molar-refractivity contribution in [2.24, 2.45) is 16.8 Å². The summed E-state index contributed by atoms with van der Waals surface area (Å²) in [7, 11) is 0. The highest BCUT2D eigenvalue weighted by molar-refractivity contribution is 5.87. The van der Waals surface area contributed by atoms with Crippen LogP contribution >= 0.6 is 0 Å². The highest BCUT2D eigenvalue weighted by Gasteiger charge is 2.20. The van der Waals surface area contributed by atoms with Gasteiger partial charge in [0.05, 0.1) is 0 Å². The monoisotopic (exact) mass is 250 g/mol. The highest BCUT2D eigenvalue weighted by atomic mass is 16.3. The Bertz CT molecular complexity index is 325. The van der Waals surface area contributed by atoms with Crippen LogP contribution in [0, 0.1) is 11.8 Å². The average molecular weight is 250 g/mol. The standard InChI is InChI=1S/C15H26N2O/c1-12(2)15-4-3-14(9-16-15)10-17-7-5-13(11-18)6-8-17/h9,12-13,18H,3-8,10-11H2,1-2H3. The molecule has 18 heavy (non-hydrogen) atoms. The number of aliphatic hydroxyl groups excluding tert-OH is 1. The van der Waals surface area contributed by atoms with Gasteiger partial charge in [-0.15, -0.1) is 0 Å². The Labute approximate surface area is 111 Å². The number of rotatable bonds is 4. The lowest BCUT2D eigenvalue weighted by atomic mass is 9.95. The summed E-state index contributed by atoms with van der Waals surface area (Å²) >= 11 is 0. The maximum Gasteiger partial charge on any atom is 0.0460 e. The van der Waals surface area contributed by atoms with Crippen LogP contribution in [0.4, 0.5) is 0 Å². The van der Waals surface area contributed by atoms with Gasteiger partial charge < -0.3 is 5.11 Å². The van der Waals surface area contributed by atoms with Gasteiger partial charge in [0.25, 0.3) is 0 Å². The van der Waals surface area contributed by atoms with E-state index in [1.807, 2.05) is 0 Å². The lowest BCUT2D eigenvalue weighted by Gasteiger charge is -2.32. The number of hydrogen-bond donors (Lipinski definition) is 1. The molecule has 1 N–H and O–H groups in total. The van der Waals surface area contributed by atoms with Gasteiger partial charge in [-0.25, -0.2) is 0 Å². The van der Waals surface area contributed by atoms with Gasteiger partial charge in [0.2, 0.25) is 0 Å². The molecule has 0 aromatic rings. The maximum atomic E-state index is 9.13. The Hall–Kier alpha value is -0.670. The van der Waals surface area contributed by atoms with Crippen molar-refractivity contribution in [1.82, 2.24) is 4.90 Å². The molecule has 0 aromatic heterocycles. The van der Waals surface area contributed by atoms with E-state index in [1.165, 1.54) is 17.7 Å². The molecule has 102 valence electrons. The van der Waals surface area contributed by atoms with E-state index >= 15 is 0 Å². The highest BCUT2D eigenvalue weighted by Crippen LogP contribution is 2.21. The van der Waals surface area contributed by atoms with Gasteiger partial charge in [-0.05, 0) is 56.2 Å². The van der Waals surface area contributed by atoms with Crippen LogP contribution < -0.4 is 0 Å². The summed E-state index contributed by atoms with van der Waals surface area (Å²) in [4.78, 5) is 7.10. The zero-order chi connectivity index (χ0) is 13.0. The third-order valence-electron chi connectivity index (χ3n) is 4.17. The van der Waals surface area contributed by atoms with E-state index in [-0.39, 0.29) is 0 Å². The minimum Gasteiger partial charge on any atom is -0.396 e. The Kier molecular flexibility index (Phi) is 4.95. The minimum atomic E-state index is 0.360. The van der Waals surface area contributed by atoms with Crippen LogP contribution in [0.3, 0.4) is 0 Å². The number of aliphatic imine (C=N–C) groups is 1. The summed E-state index contributed by atoms with van der Waals surface area (Å²) in [6.45, 7) is 8.13. The topological polar surface area (TPSA) is 35.8 Å². The molecule has 0 aliphatic carbocycles. The van der Waals surface area contributed by atoms with Crippen molar-refractivity contribution in [3.8, 4) is 0 Å². The SMILES string of the molecule is CC(C)C1=NC=C(CN2CCC(CO)CC2)CC1. The van der Waals surface area contributed by atoms with Crippen LogP contribution in [0.1, 0.15) is 39.5 Å². The Morgan fingerprint density at radius 3 is 2.56 bits per heavy atom. The summed E-state index contributed by atoms with van der Waals surface area (Å²) < 4.78 is 0. The predicted molar refractivity (Wildman–Crippen MR) is 75.8 cm³/mol. The first-order valence-corrected chi connectivity index (χ1v) is 7.26. The van der Waals surface area contributed by atoms with E-state index in [1.54, 1.807) is 0 Å². The van der Waals surface area contributed by atoms with E-state index < -0.39 is 0 Å². The maximum absolute atomic E-state index is 9.13. The minimum absolute atomic E-state index is 0.360. The lowest BCUT2D eigenvalue weighted by molar-refractivity contribution is 0.137. The molecule has 0 saturated carbocycles. The zero-order valence-corrected chi connectivity index (χ0v) is 11.7. The molecule has 0 unspecified atom stereocenters. The van der Waals surface area contributed by atoms with Gasteiger partial charge >= 0.3 is 0 Å². The first-order chi connectivity index (χ1) is 8.69. The fourth-order valence-corrected chi connectivity index (χ4v) is 2.76. The molecule has 2 aliphatic rings. The second-order valence-electron chi connectivity index (χ2n) is 5.96. The molecule has 1 fully saturated rings. The molecular weight excluding hydrogens is 224 g/mol. The van der Waals surface area contributed by atoms with Crippen molar-refractivity contribution in [3.63, 3.8) is 0 Å². The van der Waals surface area contributed by atoms with Gasteiger partial charge in [-0.1, -0.05) is 13.8 Å². The van der Waals surface area contributed by atoms with E-state index in [4.69, 9.17) is 5.11 Å². The van der Waals surface area contributed by atoms with Crippen LogP contribution in [-0.4, -0.2) is 42.0 Å². The molecule has 0 bridgehead atoms. The van der Waals surface area contributed by atoms with Crippen molar-refractivity contribution in [1.29, 1.82) is 0 Å². The predicted octanol–water partition coefficient (Wildman–Crippen LogP) is 2.47. The smallest absolute Gasteiger partial charge is 0.0460 e. The fraction of sp³-hybridized carbons (Fsp3) is 0.800. The molecule has 0 spiro atoms. The molecule has 3 heteroatoms. The third kappa shape index (κ3) is 3.66. The van der Waals surface area contributed by atoms with Crippen LogP contribution in [0.15, 0.2) is 16.8 Å². The van der Waals surface area contributed by atoms with Gasteiger partial charge in [-0.3, -0.25) is 9.89 Å². The summed E-state index contributed by atoms with van der Waals surface area (Å²) in [6.07, 6.45) is 6.69. The molecular formula is C15H26N2O. The molecule has 0 aromatic carbocycles. The van der Waals surface area contributed by atoms with Crippen LogP contribution in [0.5, 0.6) is 0 Å². The fourth-order valence-electron chi connectivity index (χ4n) is 2.76. The van der Waals surface area contributed by atoms with E-state index in [0.29, 0.717) is 18.4 Å². The van der Waals surface area contributed by atoms with Crippen LogP contribution in [-0.2, 0) is 0 Å². The van der Waals surface area contributed by atoms with Crippen LogP contribution in [0.25, 0.3) is 0 Å². The molecule has 2 rings (SSSR count). The van der Waals surface area contributed by atoms with Crippen molar-refractivity contribution in [2.45, 2.75) is 39.5 Å². The Morgan fingerprint density at radius 2 is 2.06 bits per heavy atom. The second-order valence-corrected chi connectivity index (χ2v) is 5.96.